The van der Waals surface area contributed by atoms with Crippen LogP contribution in [0, 0.1) is 5.41 Å². The number of amides is 2. The fourth-order valence-electron chi connectivity index (χ4n) is 2.14. The standard InChI is InChI=1S/C11H16N2O4/c12-9(16)5-6-11(10(13)17)7(14)3-1-2-4-8(11)15/h1-6H2,(H2,12,16)(H2,13,17). The molecule has 0 radical (unpaired) electrons. The van der Waals surface area contributed by atoms with E-state index in [9.17, 15) is 19.2 Å². The molecule has 0 bridgehead atoms. The monoisotopic (exact) mass is 240 g/mol. The molecule has 6 heteroatoms. The number of hydrogen-bond acceptors (Lipinski definition) is 4. The lowest BCUT2D eigenvalue weighted by Crippen LogP contribution is -2.49. The van der Waals surface area contributed by atoms with Crippen LogP contribution in [0.4, 0.5) is 0 Å². The maximum Gasteiger partial charge on any atom is 0.238 e. The highest BCUT2D eigenvalue weighted by atomic mass is 16.2. The summed E-state index contributed by atoms with van der Waals surface area (Å²) >= 11 is 0. The molecule has 0 spiro atoms. The van der Waals surface area contributed by atoms with Gasteiger partial charge in [0.1, 0.15) is 0 Å². The van der Waals surface area contributed by atoms with Gasteiger partial charge in [-0.3, -0.25) is 19.2 Å². The van der Waals surface area contributed by atoms with Crippen LogP contribution >= 0.6 is 0 Å². The van der Waals surface area contributed by atoms with Crippen molar-refractivity contribution in [3.63, 3.8) is 0 Å². The van der Waals surface area contributed by atoms with Crippen LogP contribution in [-0.4, -0.2) is 23.4 Å². The Kier molecular flexibility index (Phi) is 3.98. The van der Waals surface area contributed by atoms with Gasteiger partial charge in [0, 0.05) is 19.3 Å². The number of nitrogens with two attached hydrogens (primary N) is 2. The van der Waals surface area contributed by atoms with E-state index >= 15 is 0 Å². The minimum atomic E-state index is -1.83. The number of Topliss-reactive ketones (excluding diaryl/α,β-unsaturated/α-hetero) is 2. The van der Waals surface area contributed by atoms with Crippen LogP contribution in [0.5, 0.6) is 0 Å². The third-order valence-electron chi connectivity index (χ3n) is 3.18. The first kappa shape index (κ1) is 13.3. The third kappa shape index (κ3) is 2.51. The van der Waals surface area contributed by atoms with E-state index in [0.29, 0.717) is 12.8 Å². The Morgan fingerprint density at radius 1 is 1.06 bits per heavy atom. The highest BCUT2D eigenvalue weighted by Gasteiger charge is 2.50. The van der Waals surface area contributed by atoms with Gasteiger partial charge in [-0.1, -0.05) is 0 Å². The van der Waals surface area contributed by atoms with Crippen LogP contribution in [0.2, 0.25) is 0 Å². The summed E-state index contributed by atoms with van der Waals surface area (Å²) in [6.07, 6.45) is 1.03. The summed E-state index contributed by atoms with van der Waals surface area (Å²) in [4.78, 5) is 46.1. The van der Waals surface area contributed by atoms with Crippen LogP contribution in [0.1, 0.15) is 38.5 Å². The molecule has 0 saturated heterocycles. The molecule has 0 aliphatic heterocycles. The zero-order chi connectivity index (χ0) is 13.1. The number of carbonyl (C=O) groups is 4. The first-order valence-corrected chi connectivity index (χ1v) is 5.56. The van der Waals surface area contributed by atoms with Gasteiger partial charge in [0.05, 0.1) is 0 Å². The van der Waals surface area contributed by atoms with E-state index in [0.717, 1.165) is 0 Å². The van der Waals surface area contributed by atoms with Gasteiger partial charge in [0.2, 0.25) is 11.8 Å². The topological polar surface area (TPSA) is 120 Å². The van der Waals surface area contributed by atoms with Crippen molar-refractivity contribution < 1.29 is 19.2 Å². The van der Waals surface area contributed by atoms with E-state index in [4.69, 9.17) is 11.5 Å². The molecule has 6 nitrogen and oxygen atoms in total. The number of primary amides is 2. The van der Waals surface area contributed by atoms with E-state index < -0.39 is 28.8 Å². The molecule has 1 aliphatic rings. The molecule has 17 heavy (non-hydrogen) atoms. The maximum absolute atomic E-state index is 11.9. The van der Waals surface area contributed by atoms with Crippen molar-refractivity contribution in [3.05, 3.63) is 0 Å². The zero-order valence-corrected chi connectivity index (χ0v) is 9.53. The lowest BCUT2D eigenvalue weighted by Gasteiger charge is -2.25. The predicted molar refractivity (Wildman–Crippen MR) is 58.5 cm³/mol. The number of hydrogen-bond donors (Lipinski definition) is 2. The Labute approximate surface area is 98.7 Å². The summed E-state index contributed by atoms with van der Waals surface area (Å²) in [6, 6.07) is 0. The van der Waals surface area contributed by atoms with E-state index in [1.54, 1.807) is 0 Å². The van der Waals surface area contributed by atoms with Gasteiger partial charge in [-0.15, -0.1) is 0 Å². The first-order valence-electron chi connectivity index (χ1n) is 5.56. The Morgan fingerprint density at radius 2 is 1.53 bits per heavy atom. The smallest absolute Gasteiger partial charge is 0.238 e. The van der Waals surface area contributed by atoms with Crippen molar-refractivity contribution in [2.75, 3.05) is 0 Å². The fraction of sp³-hybridized carbons (Fsp3) is 0.636. The summed E-state index contributed by atoms with van der Waals surface area (Å²) in [5.74, 6) is -2.58. The molecule has 0 aromatic heterocycles. The molecule has 0 aromatic rings. The van der Waals surface area contributed by atoms with E-state index in [2.05, 4.69) is 0 Å². The van der Waals surface area contributed by atoms with Crippen LogP contribution in [0.3, 0.4) is 0 Å². The van der Waals surface area contributed by atoms with Crippen LogP contribution in [0.25, 0.3) is 0 Å². The van der Waals surface area contributed by atoms with Gasteiger partial charge in [0.15, 0.2) is 17.0 Å². The highest BCUT2D eigenvalue weighted by molar-refractivity contribution is 6.23. The molecule has 94 valence electrons. The minimum absolute atomic E-state index is 0.146. The molecular weight excluding hydrogens is 224 g/mol. The Morgan fingerprint density at radius 3 is 1.88 bits per heavy atom. The van der Waals surface area contributed by atoms with Gasteiger partial charge in [-0.25, -0.2) is 0 Å². The molecule has 1 aliphatic carbocycles. The van der Waals surface area contributed by atoms with E-state index in [1.165, 1.54) is 0 Å². The summed E-state index contributed by atoms with van der Waals surface area (Å²) in [6.45, 7) is 0. The van der Waals surface area contributed by atoms with Crippen molar-refractivity contribution in [2.45, 2.75) is 38.5 Å². The molecule has 0 aromatic carbocycles. The van der Waals surface area contributed by atoms with Crippen molar-refractivity contribution in [3.8, 4) is 0 Å². The van der Waals surface area contributed by atoms with Gasteiger partial charge in [0.25, 0.3) is 0 Å². The molecule has 2 amide bonds. The maximum atomic E-state index is 11.9. The molecule has 1 saturated carbocycles. The van der Waals surface area contributed by atoms with Gasteiger partial charge >= 0.3 is 0 Å². The molecular formula is C11H16N2O4. The highest BCUT2D eigenvalue weighted by Crippen LogP contribution is 2.33. The molecule has 1 fully saturated rings. The predicted octanol–water partition coefficient (Wildman–Crippen LogP) is -0.564. The average Bonchev–Trinajstić information content (AvgIpc) is 2.37. The Bertz CT molecular complexity index is 358. The second-order valence-electron chi connectivity index (χ2n) is 4.29. The van der Waals surface area contributed by atoms with Crippen molar-refractivity contribution in [2.24, 2.45) is 16.9 Å². The van der Waals surface area contributed by atoms with Gasteiger partial charge < -0.3 is 11.5 Å². The third-order valence-corrected chi connectivity index (χ3v) is 3.18. The zero-order valence-electron chi connectivity index (χ0n) is 9.53. The molecule has 4 N–H and O–H groups in total. The fourth-order valence-corrected chi connectivity index (χ4v) is 2.14. The summed E-state index contributed by atoms with van der Waals surface area (Å²) < 4.78 is 0. The summed E-state index contributed by atoms with van der Waals surface area (Å²) in [7, 11) is 0. The SMILES string of the molecule is NC(=O)CCC1(C(N)=O)C(=O)CCCCC1=O. The number of carbonyl (C=O) groups excluding carboxylic acids is 4. The van der Waals surface area contributed by atoms with Crippen molar-refractivity contribution in [1.82, 2.24) is 0 Å². The molecule has 0 unspecified atom stereocenters. The Balaban J connectivity index is 3.08. The van der Waals surface area contributed by atoms with E-state index in [-0.39, 0.29) is 25.7 Å². The van der Waals surface area contributed by atoms with Crippen LogP contribution in [0.15, 0.2) is 0 Å². The van der Waals surface area contributed by atoms with Crippen LogP contribution < -0.4 is 11.5 Å². The van der Waals surface area contributed by atoms with E-state index in [1.807, 2.05) is 0 Å². The first-order chi connectivity index (χ1) is 7.91. The molecule has 0 heterocycles. The average molecular weight is 240 g/mol. The second kappa shape index (κ2) is 5.07. The molecule has 1 rings (SSSR count). The normalized spacial score (nSPS) is 19.8. The van der Waals surface area contributed by atoms with Gasteiger partial charge in [-0.05, 0) is 19.3 Å². The van der Waals surface area contributed by atoms with Crippen LogP contribution in [-0.2, 0) is 19.2 Å². The second-order valence-corrected chi connectivity index (χ2v) is 4.29. The quantitative estimate of drug-likeness (QED) is 0.505. The summed E-state index contributed by atoms with van der Waals surface area (Å²) in [5.41, 5.74) is 8.36. The Hall–Kier alpha value is -1.72. The lowest BCUT2D eigenvalue weighted by atomic mass is 9.74. The minimum Gasteiger partial charge on any atom is -0.370 e. The van der Waals surface area contributed by atoms with Crippen molar-refractivity contribution >= 4 is 23.4 Å². The summed E-state index contributed by atoms with van der Waals surface area (Å²) in [5, 5.41) is 0. The largest absolute Gasteiger partial charge is 0.370 e. The number of rotatable bonds is 4. The molecule has 0 atom stereocenters. The lowest BCUT2D eigenvalue weighted by molar-refractivity contribution is -0.148. The number of ketones is 2. The van der Waals surface area contributed by atoms with Crippen molar-refractivity contribution in [1.29, 1.82) is 0 Å². The van der Waals surface area contributed by atoms with Gasteiger partial charge in [-0.2, -0.15) is 0 Å².